The Morgan fingerprint density at radius 2 is 2.00 bits per heavy atom. The minimum Gasteiger partial charge on any atom is -0.301 e. The smallest absolute Gasteiger partial charge is 0.0273 e. The van der Waals surface area contributed by atoms with Crippen molar-refractivity contribution in [3.63, 3.8) is 0 Å². The first-order chi connectivity index (χ1) is 8.60. The van der Waals surface area contributed by atoms with E-state index in [4.69, 9.17) is 0 Å². The van der Waals surface area contributed by atoms with Crippen molar-refractivity contribution in [3.05, 3.63) is 24.3 Å². The van der Waals surface area contributed by atoms with Crippen molar-refractivity contribution >= 4 is 6.21 Å². The summed E-state index contributed by atoms with van der Waals surface area (Å²) >= 11 is 0. The Balaban J connectivity index is 3.72. The minimum absolute atomic E-state index is 0.620. The molecular formula is C17H31N. The van der Waals surface area contributed by atoms with Gasteiger partial charge in [0.25, 0.3) is 0 Å². The Hall–Kier alpha value is -0.850. The summed E-state index contributed by atoms with van der Waals surface area (Å²) in [6, 6.07) is 0. The molecule has 0 fully saturated rings. The molecule has 2 atom stereocenters. The summed E-state index contributed by atoms with van der Waals surface area (Å²) in [7, 11) is 1.83. The Kier molecular flexibility index (Phi) is 10.7. The molecular weight excluding hydrogens is 218 g/mol. The van der Waals surface area contributed by atoms with Crippen LogP contribution in [0.25, 0.3) is 0 Å². The summed E-state index contributed by atoms with van der Waals surface area (Å²) in [5.41, 5.74) is 1.27. The number of aliphatic imine (C=N–C) groups is 1. The SMILES string of the molecule is C=C(/C=C\[C@@H](C)CCC=NC)CCCC(C)CC. The van der Waals surface area contributed by atoms with E-state index >= 15 is 0 Å². The number of nitrogens with zero attached hydrogens (tertiary/aromatic N) is 1. The molecule has 0 saturated heterocycles. The first kappa shape index (κ1) is 17.2. The van der Waals surface area contributed by atoms with E-state index in [0.29, 0.717) is 5.92 Å². The summed E-state index contributed by atoms with van der Waals surface area (Å²) in [6.07, 6.45) is 13.8. The molecule has 0 N–H and O–H groups in total. The van der Waals surface area contributed by atoms with Crippen molar-refractivity contribution in [2.24, 2.45) is 16.8 Å². The van der Waals surface area contributed by atoms with Crippen LogP contribution in [0.4, 0.5) is 0 Å². The lowest BCUT2D eigenvalue weighted by molar-refractivity contribution is 0.496. The molecule has 1 unspecified atom stereocenters. The van der Waals surface area contributed by atoms with Gasteiger partial charge >= 0.3 is 0 Å². The van der Waals surface area contributed by atoms with Crippen LogP contribution in [0.15, 0.2) is 29.3 Å². The second kappa shape index (κ2) is 11.3. The fraction of sp³-hybridized carbons (Fsp3) is 0.706. The number of hydrogen-bond donors (Lipinski definition) is 0. The van der Waals surface area contributed by atoms with Gasteiger partial charge in [0.2, 0.25) is 0 Å². The Bertz CT molecular complexity index is 263. The van der Waals surface area contributed by atoms with E-state index in [2.05, 4.69) is 44.5 Å². The van der Waals surface area contributed by atoms with E-state index in [-0.39, 0.29) is 0 Å². The van der Waals surface area contributed by atoms with Crippen molar-refractivity contribution < 1.29 is 0 Å². The monoisotopic (exact) mass is 249 g/mol. The van der Waals surface area contributed by atoms with Crippen molar-refractivity contribution in [2.45, 2.75) is 59.3 Å². The van der Waals surface area contributed by atoms with Crippen LogP contribution >= 0.6 is 0 Å². The van der Waals surface area contributed by atoms with Crippen LogP contribution in [0, 0.1) is 11.8 Å². The zero-order chi connectivity index (χ0) is 13.8. The van der Waals surface area contributed by atoms with Crippen molar-refractivity contribution in [3.8, 4) is 0 Å². The summed E-state index contributed by atoms with van der Waals surface area (Å²) in [5.74, 6) is 1.48. The standard InChI is InChI=1S/C17H31N/c1-6-15(2)9-7-10-16(3)12-13-17(4)11-8-14-18-5/h12-15,17H,3,6-11H2,1-2,4-5H3/b13-12-,18-14?/t15?,17-/m0/s1. The predicted octanol–water partition coefficient (Wildman–Crippen LogP) is 5.43. The second-order valence-corrected chi connectivity index (χ2v) is 5.42. The lowest BCUT2D eigenvalue weighted by Crippen LogP contribution is -1.93. The van der Waals surface area contributed by atoms with Gasteiger partial charge in [-0.3, -0.25) is 0 Å². The van der Waals surface area contributed by atoms with Crippen LogP contribution in [0.1, 0.15) is 59.3 Å². The maximum Gasteiger partial charge on any atom is 0.0273 e. The molecule has 0 bridgehead atoms. The fourth-order valence-electron chi connectivity index (χ4n) is 1.83. The highest BCUT2D eigenvalue weighted by Gasteiger charge is 1.99. The van der Waals surface area contributed by atoms with Gasteiger partial charge in [0.15, 0.2) is 0 Å². The molecule has 0 radical (unpaired) electrons. The topological polar surface area (TPSA) is 12.4 Å². The van der Waals surface area contributed by atoms with Crippen molar-refractivity contribution in [1.82, 2.24) is 0 Å². The largest absolute Gasteiger partial charge is 0.301 e. The van der Waals surface area contributed by atoms with Crippen molar-refractivity contribution in [1.29, 1.82) is 0 Å². The van der Waals surface area contributed by atoms with Crippen LogP contribution in [-0.2, 0) is 0 Å². The van der Waals surface area contributed by atoms with Crippen LogP contribution in [-0.4, -0.2) is 13.3 Å². The number of allylic oxidation sites excluding steroid dienone is 3. The molecule has 1 nitrogen and oxygen atoms in total. The van der Waals surface area contributed by atoms with Gasteiger partial charge in [0, 0.05) is 7.05 Å². The van der Waals surface area contributed by atoms with Crippen LogP contribution < -0.4 is 0 Å². The summed E-state index contributed by atoms with van der Waals surface area (Å²) < 4.78 is 0. The third-order valence-corrected chi connectivity index (χ3v) is 3.49. The molecule has 0 aromatic heterocycles. The average molecular weight is 249 g/mol. The molecule has 0 spiro atoms. The molecule has 0 amide bonds. The van der Waals surface area contributed by atoms with E-state index in [9.17, 15) is 0 Å². The van der Waals surface area contributed by atoms with Gasteiger partial charge in [0.05, 0.1) is 0 Å². The molecule has 0 saturated carbocycles. The number of rotatable bonds is 10. The average Bonchev–Trinajstić information content (AvgIpc) is 2.36. The van der Waals surface area contributed by atoms with E-state index in [0.717, 1.165) is 18.8 Å². The number of hydrogen-bond acceptors (Lipinski definition) is 1. The van der Waals surface area contributed by atoms with Crippen LogP contribution in [0.5, 0.6) is 0 Å². The summed E-state index contributed by atoms with van der Waals surface area (Å²) in [5, 5.41) is 0. The highest BCUT2D eigenvalue weighted by atomic mass is 14.6. The third kappa shape index (κ3) is 10.3. The lowest BCUT2D eigenvalue weighted by Gasteiger charge is -2.08. The highest BCUT2D eigenvalue weighted by molar-refractivity contribution is 5.56. The van der Waals surface area contributed by atoms with E-state index < -0.39 is 0 Å². The molecule has 0 aromatic rings. The van der Waals surface area contributed by atoms with E-state index in [1.165, 1.54) is 31.3 Å². The maximum atomic E-state index is 4.13. The molecule has 0 aromatic carbocycles. The van der Waals surface area contributed by atoms with Gasteiger partial charge in [0.1, 0.15) is 0 Å². The zero-order valence-electron chi connectivity index (χ0n) is 12.8. The van der Waals surface area contributed by atoms with Gasteiger partial charge in [-0.05, 0) is 43.7 Å². The molecule has 0 aliphatic heterocycles. The maximum absolute atomic E-state index is 4.13. The molecule has 104 valence electrons. The quantitative estimate of drug-likeness (QED) is 0.361. The minimum atomic E-state index is 0.620. The zero-order valence-corrected chi connectivity index (χ0v) is 12.8. The molecule has 0 rings (SSSR count). The highest BCUT2D eigenvalue weighted by Crippen LogP contribution is 2.15. The first-order valence-electron chi connectivity index (χ1n) is 7.36. The Labute approximate surface area is 114 Å². The molecule has 0 aliphatic rings. The first-order valence-corrected chi connectivity index (χ1v) is 7.36. The molecule has 18 heavy (non-hydrogen) atoms. The van der Waals surface area contributed by atoms with Crippen LogP contribution in [0.2, 0.25) is 0 Å². The Morgan fingerprint density at radius 1 is 1.28 bits per heavy atom. The third-order valence-electron chi connectivity index (χ3n) is 3.49. The molecule has 0 heterocycles. The normalized spacial score (nSPS) is 15.3. The second-order valence-electron chi connectivity index (χ2n) is 5.42. The Morgan fingerprint density at radius 3 is 2.61 bits per heavy atom. The summed E-state index contributed by atoms with van der Waals surface area (Å²) in [6.45, 7) is 11.0. The molecule has 1 heteroatoms. The van der Waals surface area contributed by atoms with Gasteiger partial charge < -0.3 is 4.99 Å². The van der Waals surface area contributed by atoms with Gasteiger partial charge in [-0.1, -0.05) is 57.9 Å². The van der Waals surface area contributed by atoms with Gasteiger partial charge in [-0.2, -0.15) is 0 Å². The van der Waals surface area contributed by atoms with Crippen LogP contribution in [0.3, 0.4) is 0 Å². The fourth-order valence-corrected chi connectivity index (χ4v) is 1.83. The predicted molar refractivity (Wildman–Crippen MR) is 84.4 cm³/mol. The summed E-state index contributed by atoms with van der Waals surface area (Å²) in [4.78, 5) is 4.00. The van der Waals surface area contributed by atoms with E-state index in [1.54, 1.807) is 0 Å². The lowest BCUT2D eigenvalue weighted by atomic mass is 9.98. The van der Waals surface area contributed by atoms with E-state index in [1.807, 2.05) is 13.3 Å². The van der Waals surface area contributed by atoms with Crippen molar-refractivity contribution in [2.75, 3.05) is 7.05 Å². The van der Waals surface area contributed by atoms with Gasteiger partial charge in [-0.15, -0.1) is 0 Å². The van der Waals surface area contributed by atoms with Gasteiger partial charge in [-0.25, -0.2) is 0 Å². The molecule has 0 aliphatic carbocycles.